The number of carbonyl (C=O) groups is 3. The van der Waals surface area contributed by atoms with E-state index in [0.29, 0.717) is 19.3 Å². The maximum absolute atomic E-state index is 12.9. The first-order chi connectivity index (χ1) is 38.0. The number of hydrogen-bond donors (Lipinski definition) is 0. The van der Waals surface area contributed by atoms with E-state index < -0.39 is 6.10 Å². The first-order valence-corrected chi connectivity index (χ1v) is 34.5. The summed E-state index contributed by atoms with van der Waals surface area (Å²) in [5.74, 6) is -0.867. The second-order valence-electron chi connectivity index (χ2n) is 23.4. The number of rotatable bonds is 64. The van der Waals surface area contributed by atoms with Gasteiger partial charge < -0.3 is 14.2 Å². The van der Waals surface area contributed by atoms with Crippen LogP contribution in [0.4, 0.5) is 0 Å². The fourth-order valence-corrected chi connectivity index (χ4v) is 10.4. The maximum Gasteiger partial charge on any atom is 0.306 e. The van der Waals surface area contributed by atoms with E-state index in [9.17, 15) is 14.4 Å². The van der Waals surface area contributed by atoms with Crippen LogP contribution in [0, 0.1) is 0 Å². The van der Waals surface area contributed by atoms with E-state index in [4.69, 9.17) is 14.2 Å². The van der Waals surface area contributed by atoms with Crippen LogP contribution >= 0.6 is 0 Å². The van der Waals surface area contributed by atoms with Gasteiger partial charge in [-0.05, 0) is 77.0 Å². The largest absolute Gasteiger partial charge is 0.462 e. The van der Waals surface area contributed by atoms with Gasteiger partial charge in [-0.15, -0.1) is 0 Å². The molecule has 0 N–H and O–H groups in total. The molecule has 0 aromatic heterocycles. The summed E-state index contributed by atoms with van der Waals surface area (Å²) >= 11 is 0. The van der Waals surface area contributed by atoms with Crippen molar-refractivity contribution in [2.45, 2.75) is 386 Å². The Bertz CT molecular complexity index is 1290. The average Bonchev–Trinajstić information content (AvgIpc) is 3.43. The quantitative estimate of drug-likeness (QED) is 0.0261. The van der Waals surface area contributed by atoms with Gasteiger partial charge in [0, 0.05) is 19.3 Å². The Kier molecular flexibility index (Phi) is 64.1. The summed E-state index contributed by atoms with van der Waals surface area (Å²) in [6, 6.07) is 0. The maximum atomic E-state index is 12.9. The van der Waals surface area contributed by atoms with Gasteiger partial charge in [-0.3, -0.25) is 14.4 Å². The van der Waals surface area contributed by atoms with Crippen LogP contribution in [0.15, 0.2) is 36.5 Å². The number of carbonyl (C=O) groups excluding carboxylic acids is 3. The van der Waals surface area contributed by atoms with E-state index in [2.05, 4.69) is 57.2 Å². The molecule has 0 aromatic rings. The third-order valence-electron chi connectivity index (χ3n) is 15.6. The molecule has 0 aliphatic heterocycles. The highest BCUT2D eigenvalue weighted by molar-refractivity contribution is 5.71. The fraction of sp³-hybridized carbons (Fsp3) is 0.873. The minimum Gasteiger partial charge on any atom is -0.462 e. The molecule has 6 heteroatoms. The molecule has 0 saturated heterocycles. The van der Waals surface area contributed by atoms with Gasteiger partial charge in [0.25, 0.3) is 0 Å². The van der Waals surface area contributed by atoms with Crippen LogP contribution in [0.5, 0.6) is 0 Å². The third kappa shape index (κ3) is 64.3. The van der Waals surface area contributed by atoms with Crippen molar-refractivity contribution in [1.29, 1.82) is 0 Å². The molecule has 1 atom stereocenters. The van der Waals surface area contributed by atoms with Gasteiger partial charge >= 0.3 is 17.9 Å². The van der Waals surface area contributed by atoms with E-state index in [1.54, 1.807) is 0 Å². The van der Waals surface area contributed by atoms with Crippen LogP contribution in [-0.4, -0.2) is 37.2 Å². The van der Waals surface area contributed by atoms with Crippen LogP contribution in [-0.2, 0) is 28.6 Å². The van der Waals surface area contributed by atoms with Gasteiger partial charge in [0.2, 0.25) is 0 Å². The predicted molar refractivity (Wildman–Crippen MR) is 335 cm³/mol. The summed E-state index contributed by atoms with van der Waals surface area (Å²) < 4.78 is 16.9. The molecule has 0 aliphatic rings. The van der Waals surface area contributed by atoms with Gasteiger partial charge in [-0.25, -0.2) is 0 Å². The molecule has 452 valence electrons. The highest BCUT2D eigenvalue weighted by atomic mass is 16.6. The normalized spacial score (nSPS) is 12.2. The zero-order valence-electron chi connectivity index (χ0n) is 52.0. The SMILES string of the molecule is CCCCC/C=C\C/C=C\CCCCCCCCCC(=O)OC(COC(=O)CCCCCCC/C=C\CCCCCC)COC(=O)CCCCCCCCCCCCCCCCCCCCCCCCCCCCCCC. The molecule has 0 aromatic carbocycles. The Hall–Kier alpha value is -2.37. The minimum atomic E-state index is -0.778. The van der Waals surface area contributed by atoms with Crippen LogP contribution in [0.1, 0.15) is 380 Å². The lowest BCUT2D eigenvalue weighted by molar-refractivity contribution is -0.167. The first-order valence-electron chi connectivity index (χ1n) is 34.5. The third-order valence-corrected chi connectivity index (χ3v) is 15.6. The lowest BCUT2D eigenvalue weighted by Gasteiger charge is -2.18. The van der Waals surface area contributed by atoms with Crippen molar-refractivity contribution < 1.29 is 28.6 Å². The molecule has 1 unspecified atom stereocenters. The summed E-state index contributed by atoms with van der Waals surface area (Å²) in [5, 5.41) is 0. The molecule has 0 rings (SSSR count). The average molecular weight is 1080 g/mol. The fourth-order valence-electron chi connectivity index (χ4n) is 10.4. The van der Waals surface area contributed by atoms with Crippen molar-refractivity contribution in [3.05, 3.63) is 36.5 Å². The smallest absolute Gasteiger partial charge is 0.306 e. The van der Waals surface area contributed by atoms with E-state index in [0.717, 1.165) is 77.0 Å². The Morgan fingerprint density at radius 3 is 0.766 bits per heavy atom. The topological polar surface area (TPSA) is 78.9 Å². The van der Waals surface area contributed by atoms with Crippen LogP contribution in [0.25, 0.3) is 0 Å². The number of hydrogen-bond acceptors (Lipinski definition) is 6. The summed E-state index contributed by atoms with van der Waals surface area (Å²) in [6.07, 6.45) is 81.8. The predicted octanol–water partition coefficient (Wildman–Crippen LogP) is 23.6. The zero-order chi connectivity index (χ0) is 55.7. The molecule has 0 spiro atoms. The molecular weight excluding hydrogens is 949 g/mol. The highest BCUT2D eigenvalue weighted by Crippen LogP contribution is 2.18. The molecule has 0 aliphatic carbocycles. The van der Waals surface area contributed by atoms with E-state index >= 15 is 0 Å². The van der Waals surface area contributed by atoms with E-state index in [1.807, 2.05) is 0 Å². The van der Waals surface area contributed by atoms with Crippen molar-refractivity contribution >= 4 is 17.9 Å². The lowest BCUT2D eigenvalue weighted by atomic mass is 10.0. The van der Waals surface area contributed by atoms with Gasteiger partial charge in [0.15, 0.2) is 6.10 Å². The summed E-state index contributed by atoms with van der Waals surface area (Å²) in [7, 11) is 0. The van der Waals surface area contributed by atoms with Crippen molar-refractivity contribution in [3.8, 4) is 0 Å². The van der Waals surface area contributed by atoms with Gasteiger partial charge in [-0.2, -0.15) is 0 Å². The summed E-state index contributed by atoms with van der Waals surface area (Å²) in [6.45, 7) is 6.65. The van der Waals surface area contributed by atoms with Crippen molar-refractivity contribution in [1.82, 2.24) is 0 Å². The van der Waals surface area contributed by atoms with Crippen LogP contribution in [0.2, 0.25) is 0 Å². The zero-order valence-corrected chi connectivity index (χ0v) is 52.0. The van der Waals surface area contributed by atoms with Crippen LogP contribution < -0.4 is 0 Å². The second-order valence-corrected chi connectivity index (χ2v) is 23.4. The molecule has 0 bridgehead atoms. The van der Waals surface area contributed by atoms with Crippen molar-refractivity contribution in [2.24, 2.45) is 0 Å². The second kappa shape index (κ2) is 66.1. The highest BCUT2D eigenvalue weighted by Gasteiger charge is 2.19. The summed E-state index contributed by atoms with van der Waals surface area (Å²) in [4.78, 5) is 38.3. The Morgan fingerprint density at radius 2 is 0.468 bits per heavy atom. The van der Waals surface area contributed by atoms with Gasteiger partial charge in [-0.1, -0.05) is 320 Å². The first kappa shape index (κ1) is 74.6. The molecule has 0 radical (unpaired) electrons. The lowest BCUT2D eigenvalue weighted by Crippen LogP contribution is -2.30. The number of esters is 3. The number of ether oxygens (including phenoxy) is 3. The number of allylic oxidation sites excluding steroid dienone is 6. The Labute approximate surface area is 480 Å². The Morgan fingerprint density at radius 1 is 0.260 bits per heavy atom. The molecular formula is C71H132O6. The Balaban J connectivity index is 4.17. The molecule has 0 amide bonds. The van der Waals surface area contributed by atoms with Crippen molar-refractivity contribution in [3.63, 3.8) is 0 Å². The minimum absolute atomic E-state index is 0.0739. The molecule has 6 nitrogen and oxygen atoms in total. The van der Waals surface area contributed by atoms with Crippen molar-refractivity contribution in [2.75, 3.05) is 13.2 Å². The van der Waals surface area contributed by atoms with Crippen LogP contribution in [0.3, 0.4) is 0 Å². The summed E-state index contributed by atoms with van der Waals surface area (Å²) in [5.41, 5.74) is 0. The molecule has 0 heterocycles. The standard InChI is InChI=1S/C71H132O6/c1-4-7-10-13-16-19-22-25-27-29-30-31-32-33-34-35-36-37-38-39-40-42-43-46-49-52-55-58-61-64-70(73)76-67-68(66-75-69(72)63-60-57-54-51-48-45-24-21-18-15-12-9-6-3)77-71(74)65-62-59-56-53-50-47-44-41-28-26-23-20-17-14-11-8-5-2/h17,20-21,24,26,28,68H,4-16,18-19,22-23,25,27,29-67H2,1-3H3/b20-17-,24-21-,28-26-. The van der Waals surface area contributed by atoms with Gasteiger partial charge in [0.1, 0.15) is 13.2 Å². The monoisotopic (exact) mass is 1080 g/mol. The molecule has 0 saturated carbocycles. The van der Waals surface area contributed by atoms with Gasteiger partial charge in [0.05, 0.1) is 0 Å². The number of unbranched alkanes of at least 4 members (excludes halogenated alkanes) is 47. The van der Waals surface area contributed by atoms with E-state index in [-0.39, 0.29) is 31.1 Å². The molecule has 0 fully saturated rings. The van der Waals surface area contributed by atoms with E-state index in [1.165, 1.54) is 263 Å². The molecule has 77 heavy (non-hydrogen) atoms.